The van der Waals surface area contributed by atoms with E-state index in [0.717, 1.165) is 13.1 Å². The predicted octanol–water partition coefficient (Wildman–Crippen LogP) is -1.58. The minimum absolute atomic E-state index is 0.0578. The van der Waals surface area contributed by atoms with Gasteiger partial charge in [0.1, 0.15) is 9.79 Å². The zero-order valence-corrected chi connectivity index (χ0v) is 11.7. The molecule has 4 N–H and O–H groups in total. The highest BCUT2D eigenvalue weighted by molar-refractivity contribution is 7.92. The van der Waals surface area contributed by atoms with Gasteiger partial charge in [0, 0.05) is 5.56 Å². The quantitative estimate of drug-likeness (QED) is 0.613. The molecular weight excluding hydrogens is 308 g/mol. The fourth-order valence-corrected chi connectivity index (χ4v) is 3.91. The van der Waals surface area contributed by atoms with Gasteiger partial charge >= 0.3 is 0 Å². The van der Waals surface area contributed by atoms with Crippen molar-refractivity contribution in [2.75, 3.05) is 7.05 Å². The van der Waals surface area contributed by atoms with Crippen LogP contribution in [0.15, 0.2) is 28.0 Å². The van der Waals surface area contributed by atoms with Crippen molar-refractivity contribution < 1.29 is 16.8 Å². The summed E-state index contributed by atoms with van der Waals surface area (Å²) in [7, 11) is -7.19. The zero-order chi connectivity index (χ0) is 15.0. The van der Waals surface area contributed by atoms with Crippen molar-refractivity contribution in [3.63, 3.8) is 0 Å². The van der Waals surface area contributed by atoms with Gasteiger partial charge in [-0.25, -0.2) is 26.7 Å². The smallest absolute Gasteiger partial charge is 0.225 e. The average Bonchev–Trinajstić information content (AvgIpc) is 2.90. The topological polar surface area (TPSA) is 161 Å². The Balaban J connectivity index is 2.90. The number of nitrogens with zero attached hydrogens (tertiary/aromatic N) is 3. The summed E-state index contributed by atoms with van der Waals surface area (Å²) < 4.78 is 49.3. The Morgan fingerprint density at radius 2 is 1.95 bits per heavy atom. The van der Waals surface area contributed by atoms with Gasteiger partial charge in [-0.2, -0.15) is 5.21 Å². The van der Waals surface area contributed by atoms with Gasteiger partial charge in [-0.15, -0.1) is 10.2 Å². The molecule has 12 heteroatoms. The molecule has 0 saturated heterocycles. The Morgan fingerprint density at radius 1 is 1.25 bits per heavy atom. The van der Waals surface area contributed by atoms with Crippen LogP contribution < -0.4 is 9.86 Å². The van der Waals surface area contributed by atoms with E-state index in [1.807, 2.05) is 4.72 Å². The summed E-state index contributed by atoms with van der Waals surface area (Å²) in [6, 6.07) is 3.80. The summed E-state index contributed by atoms with van der Waals surface area (Å²) >= 11 is 0. The Morgan fingerprint density at radius 3 is 2.45 bits per heavy atom. The number of aromatic amines is 1. The second kappa shape index (κ2) is 4.90. The van der Waals surface area contributed by atoms with E-state index >= 15 is 0 Å². The summed E-state index contributed by atoms with van der Waals surface area (Å²) in [6.07, 6.45) is 0. The number of rotatable bonds is 4. The number of tetrazole rings is 1. The third-order valence-corrected chi connectivity index (χ3v) is 5.00. The third kappa shape index (κ3) is 2.53. The highest BCUT2D eigenvalue weighted by Gasteiger charge is 2.28. The predicted molar refractivity (Wildman–Crippen MR) is 67.2 cm³/mol. The van der Waals surface area contributed by atoms with Crippen molar-refractivity contribution in [3.8, 4) is 11.4 Å². The molecule has 0 spiro atoms. The molecule has 0 fully saturated rings. The fourth-order valence-electron chi connectivity index (χ4n) is 1.58. The summed E-state index contributed by atoms with van der Waals surface area (Å²) in [5.74, 6) is -0.0813. The van der Waals surface area contributed by atoms with Gasteiger partial charge in [0.15, 0.2) is 0 Å². The summed E-state index contributed by atoms with van der Waals surface area (Å²) in [5.41, 5.74) is -0.0578. The second-order valence-electron chi connectivity index (χ2n) is 3.62. The second-order valence-corrected chi connectivity index (χ2v) is 6.97. The van der Waals surface area contributed by atoms with Crippen LogP contribution in [-0.2, 0) is 20.0 Å². The molecule has 10 nitrogen and oxygen atoms in total. The Kier molecular flexibility index (Phi) is 3.56. The Labute approximate surface area is 114 Å². The lowest BCUT2D eigenvalue weighted by molar-refractivity contribution is 0.578. The minimum atomic E-state index is -4.32. The maximum Gasteiger partial charge on any atom is 0.241 e. The third-order valence-electron chi connectivity index (χ3n) is 2.41. The highest BCUT2D eigenvalue weighted by atomic mass is 32.2. The molecule has 2 rings (SSSR count). The van der Waals surface area contributed by atoms with Crippen LogP contribution in [0, 0.1) is 0 Å². The zero-order valence-electron chi connectivity index (χ0n) is 10.1. The van der Waals surface area contributed by atoms with E-state index in [-0.39, 0.29) is 11.4 Å². The van der Waals surface area contributed by atoms with Gasteiger partial charge in [0.05, 0.1) is 0 Å². The molecule has 1 aromatic carbocycles. The molecule has 0 amide bonds. The van der Waals surface area contributed by atoms with Crippen LogP contribution in [0.5, 0.6) is 0 Å². The molecule has 0 bridgehead atoms. The highest BCUT2D eigenvalue weighted by Crippen LogP contribution is 2.29. The van der Waals surface area contributed by atoms with Gasteiger partial charge in [-0.3, -0.25) is 0 Å². The number of hydrogen-bond donors (Lipinski definition) is 3. The van der Waals surface area contributed by atoms with Gasteiger partial charge in [0.2, 0.25) is 25.9 Å². The van der Waals surface area contributed by atoms with E-state index in [1.165, 1.54) is 12.1 Å². The van der Waals surface area contributed by atoms with Crippen molar-refractivity contribution in [2.45, 2.75) is 9.79 Å². The van der Waals surface area contributed by atoms with Crippen LogP contribution in [0.3, 0.4) is 0 Å². The lowest BCUT2D eigenvalue weighted by Gasteiger charge is -2.10. The van der Waals surface area contributed by atoms with E-state index in [0.29, 0.717) is 0 Å². The van der Waals surface area contributed by atoms with E-state index < -0.39 is 29.8 Å². The molecule has 1 aromatic heterocycles. The fraction of sp³-hybridized carbons (Fsp3) is 0.125. The first-order valence-electron chi connectivity index (χ1n) is 5.10. The first kappa shape index (κ1) is 14.5. The Bertz CT molecular complexity index is 828. The average molecular weight is 318 g/mol. The molecular formula is C8H10N6O4S2. The van der Waals surface area contributed by atoms with Crippen LogP contribution in [0.4, 0.5) is 0 Å². The maximum absolute atomic E-state index is 11.9. The SMILES string of the molecule is CNS(=O)(=O)c1cccc(-c2nn[nH]n2)c1S(N)(=O)=O. The van der Waals surface area contributed by atoms with Gasteiger partial charge in [-0.05, 0) is 24.4 Å². The van der Waals surface area contributed by atoms with Crippen molar-refractivity contribution in [1.82, 2.24) is 25.3 Å². The number of primary sulfonamides is 1. The number of nitrogens with one attached hydrogen (secondary N) is 2. The monoisotopic (exact) mass is 318 g/mol. The summed E-state index contributed by atoms with van der Waals surface area (Å²) in [6.45, 7) is 0. The van der Waals surface area contributed by atoms with Crippen LogP contribution in [0.25, 0.3) is 11.4 Å². The normalized spacial score (nSPS) is 12.5. The molecule has 20 heavy (non-hydrogen) atoms. The molecule has 1 heterocycles. The first-order chi connectivity index (χ1) is 9.27. The van der Waals surface area contributed by atoms with Crippen molar-refractivity contribution in [3.05, 3.63) is 18.2 Å². The van der Waals surface area contributed by atoms with Gasteiger partial charge in [0.25, 0.3) is 0 Å². The lowest BCUT2D eigenvalue weighted by Crippen LogP contribution is -2.24. The van der Waals surface area contributed by atoms with Crippen LogP contribution in [-0.4, -0.2) is 44.5 Å². The Hall–Kier alpha value is -1.89. The maximum atomic E-state index is 11.9. The van der Waals surface area contributed by atoms with Crippen molar-refractivity contribution in [1.29, 1.82) is 0 Å². The molecule has 0 radical (unpaired) electrons. The van der Waals surface area contributed by atoms with Crippen LogP contribution >= 0.6 is 0 Å². The van der Waals surface area contributed by atoms with Crippen molar-refractivity contribution in [2.24, 2.45) is 5.14 Å². The van der Waals surface area contributed by atoms with Crippen LogP contribution in [0.1, 0.15) is 0 Å². The summed E-state index contributed by atoms with van der Waals surface area (Å²) in [5, 5.41) is 17.8. The van der Waals surface area contributed by atoms with Gasteiger partial charge < -0.3 is 0 Å². The molecule has 0 unspecified atom stereocenters. The summed E-state index contributed by atoms with van der Waals surface area (Å²) in [4.78, 5) is -1.07. The standard InChI is InChI=1S/C8H10N6O4S2/c1-10-20(17,18)6-4-2-3-5(7(6)19(9,15)16)8-11-13-14-12-8/h2-4,10H,1H3,(H2,9,15,16)(H,11,12,13,14). The molecule has 0 atom stereocenters. The van der Waals surface area contributed by atoms with E-state index in [2.05, 4.69) is 20.6 Å². The molecule has 2 aromatic rings. The van der Waals surface area contributed by atoms with Gasteiger partial charge in [-0.1, -0.05) is 6.07 Å². The number of nitrogens with two attached hydrogens (primary N) is 1. The number of sulfonamides is 2. The number of aromatic nitrogens is 4. The van der Waals surface area contributed by atoms with Crippen LogP contribution in [0.2, 0.25) is 0 Å². The molecule has 0 saturated carbocycles. The van der Waals surface area contributed by atoms with E-state index in [4.69, 9.17) is 5.14 Å². The largest absolute Gasteiger partial charge is 0.241 e. The number of benzene rings is 1. The van der Waals surface area contributed by atoms with E-state index in [9.17, 15) is 16.8 Å². The molecule has 0 aliphatic rings. The molecule has 0 aliphatic carbocycles. The van der Waals surface area contributed by atoms with Crippen molar-refractivity contribution >= 4 is 20.0 Å². The number of hydrogen-bond acceptors (Lipinski definition) is 7. The van der Waals surface area contributed by atoms with E-state index in [1.54, 1.807) is 0 Å². The molecule has 108 valence electrons. The lowest BCUT2D eigenvalue weighted by atomic mass is 10.2. The number of H-pyrrole nitrogens is 1. The first-order valence-corrected chi connectivity index (χ1v) is 8.13. The molecule has 0 aliphatic heterocycles. The minimum Gasteiger partial charge on any atom is -0.225 e.